The minimum atomic E-state index is 0.625. The molecule has 0 aromatic carbocycles. The number of rotatable bonds is 5. The van der Waals surface area contributed by atoms with Crippen LogP contribution in [0.1, 0.15) is 30.3 Å². The second-order valence-corrected chi connectivity index (χ2v) is 5.86. The van der Waals surface area contributed by atoms with Crippen LogP contribution in [0.4, 0.5) is 5.13 Å². The van der Waals surface area contributed by atoms with Crippen LogP contribution >= 0.6 is 11.5 Å². The standard InChI is InChI=1S/C14H15N5S/c1-2-8-19-9-11(16-12(19)3-1)6-7-15-14-17-13(18-20-14)10-4-5-10/h1-3,8-10H,4-7H2,(H,15,17,18). The molecule has 0 amide bonds. The third-order valence-corrected chi connectivity index (χ3v) is 4.14. The molecule has 6 heteroatoms. The summed E-state index contributed by atoms with van der Waals surface area (Å²) < 4.78 is 6.43. The van der Waals surface area contributed by atoms with E-state index in [9.17, 15) is 0 Å². The molecule has 1 fully saturated rings. The average molecular weight is 285 g/mol. The molecule has 3 aromatic rings. The molecule has 0 spiro atoms. The van der Waals surface area contributed by atoms with E-state index in [2.05, 4.69) is 25.9 Å². The van der Waals surface area contributed by atoms with Crippen molar-refractivity contribution in [2.75, 3.05) is 11.9 Å². The normalized spacial score (nSPS) is 14.8. The summed E-state index contributed by atoms with van der Waals surface area (Å²) in [7, 11) is 0. The van der Waals surface area contributed by atoms with Gasteiger partial charge in [0.1, 0.15) is 11.5 Å². The molecule has 1 aliphatic rings. The van der Waals surface area contributed by atoms with Gasteiger partial charge in [0.15, 0.2) is 0 Å². The fraction of sp³-hybridized carbons (Fsp3) is 0.357. The maximum Gasteiger partial charge on any atom is 0.202 e. The second kappa shape index (κ2) is 4.86. The number of hydrogen-bond donors (Lipinski definition) is 1. The number of hydrogen-bond acceptors (Lipinski definition) is 5. The third-order valence-electron chi connectivity index (χ3n) is 3.46. The van der Waals surface area contributed by atoms with Gasteiger partial charge in [-0.15, -0.1) is 0 Å². The van der Waals surface area contributed by atoms with Gasteiger partial charge in [-0.2, -0.15) is 4.37 Å². The van der Waals surface area contributed by atoms with Gasteiger partial charge >= 0.3 is 0 Å². The predicted octanol–water partition coefficient (Wildman–Crippen LogP) is 2.72. The summed E-state index contributed by atoms with van der Waals surface area (Å²) in [6, 6.07) is 6.03. The van der Waals surface area contributed by atoms with Gasteiger partial charge in [0.05, 0.1) is 5.69 Å². The third kappa shape index (κ3) is 2.38. The molecule has 20 heavy (non-hydrogen) atoms. The van der Waals surface area contributed by atoms with E-state index in [1.54, 1.807) is 0 Å². The lowest BCUT2D eigenvalue weighted by Gasteiger charge is -1.98. The SMILES string of the molecule is c1ccn2cc(CCNc3nc(C4CC4)ns3)nc2c1. The molecule has 1 aliphatic carbocycles. The van der Waals surface area contributed by atoms with Gasteiger partial charge in [0, 0.05) is 42.8 Å². The van der Waals surface area contributed by atoms with E-state index in [1.807, 2.05) is 28.8 Å². The summed E-state index contributed by atoms with van der Waals surface area (Å²) in [6.45, 7) is 0.836. The number of nitrogens with one attached hydrogen (secondary N) is 1. The maximum absolute atomic E-state index is 4.58. The molecule has 3 heterocycles. The number of nitrogens with zero attached hydrogens (tertiary/aromatic N) is 4. The Morgan fingerprint density at radius 1 is 1.30 bits per heavy atom. The minimum Gasteiger partial charge on any atom is -0.360 e. The highest BCUT2D eigenvalue weighted by Gasteiger charge is 2.27. The molecular weight excluding hydrogens is 270 g/mol. The second-order valence-electron chi connectivity index (χ2n) is 5.11. The molecule has 5 nitrogen and oxygen atoms in total. The summed E-state index contributed by atoms with van der Waals surface area (Å²) in [5.74, 6) is 1.64. The molecular formula is C14H15N5S. The Labute approximate surface area is 120 Å². The van der Waals surface area contributed by atoms with Gasteiger partial charge < -0.3 is 9.72 Å². The first kappa shape index (κ1) is 11.8. The van der Waals surface area contributed by atoms with Crippen molar-refractivity contribution in [1.29, 1.82) is 0 Å². The molecule has 0 bridgehead atoms. The molecule has 1 N–H and O–H groups in total. The predicted molar refractivity (Wildman–Crippen MR) is 79.3 cm³/mol. The lowest BCUT2D eigenvalue weighted by molar-refractivity contribution is 0.955. The summed E-state index contributed by atoms with van der Waals surface area (Å²) in [4.78, 5) is 9.09. The fourth-order valence-corrected chi connectivity index (χ4v) is 2.89. The summed E-state index contributed by atoms with van der Waals surface area (Å²) in [5.41, 5.74) is 2.09. The molecule has 0 atom stereocenters. The van der Waals surface area contributed by atoms with Gasteiger partial charge in [-0.3, -0.25) is 0 Å². The quantitative estimate of drug-likeness (QED) is 0.783. The van der Waals surface area contributed by atoms with E-state index in [1.165, 1.54) is 24.4 Å². The fourth-order valence-electron chi connectivity index (χ4n) is 2.22. The van der Waals surface area contributed by atoms with E-state index in [0.717, 1.165) is 35.3 Å². The maximum atomic E-state index is 4.58. The van der Waals surface area contributed by atoms with Crippen molar-refractivity contribution in [2.24, 2.45) is 0 Å². The van der Waals surface area contributed by atoms with Crippen LogP contribution in [0, 0.1) is 0 Å². The first-order valence-corrected chi connectivity index (χ1v) is 7.66. The van der Waals surface area contributed by atoms with Crippen LogP contribution in [-0.4, -0.2) is 25.3 Å². The van der Waals surface area contributed by atoms with E-state index < -0.39 is 0 Å². The molecule has 0 radical (unpaired) electrons. The molecule has 4 rings (SSSR count). The van der Waals surface area contributed by atoms with Crippen LogP contribution in [0.5, 0.6) is 0 Å². The van der Waals surface area contributed by atoms with Crippen LogP contribution < -0.4 is 5.32 Å². The number of aromatic nitrogens is 4. The minimum absolute atomic E-state index is 0.625. The van der Waals surface area contributed by atoms with Crippen LogP contribution in [0.3, 0.4) is 0 Å². The summed E-state index contributed by atoms with van der Waals surface area (Å²) in [5, 5.41) is 4.26. The molecule has 102 valence electrons. The van der Waals surface area contributed by atoms with Crippen molar-refractivity contribution >= 4 is 22.3 Å². The average Bonchev–Trinajstić information content (AvgIpc) is 3.06. The first-order chi connectivity index (χ1) is 9.88. The molecule has 0 unspecified atom stereocenters. The van der Waals surface area contributed by atoms with Crippen molar-refractivity contribution in [3.05, 3.63) is 42.1 Å². The number of pyridine rings is 1. The van der Waals surface area contributed by atoms with Crippen molar-refractivity contribution in [2.45, 2.75) is 25.2 Å². The summed E-state index contributed by atoms with van der Waals surface area (Å²) in [6.07, 6.45) is 7.48. The monoisotopic (exact) mass is 285 g/mol. The highest BCUT2D eigenvalue weighted by molar-refractivity contribution is 7.09. The molecule has 0 aliphatic heterocycles. The van der Waals surface area contributed by atoms with E-state index in [4.69, 9.17) is 0 Å². The largest absolute Gasteiger partial charge is 0.360 e. The van der Waals surface area contributed by atoms with E-state index in [-0.39, 0.29) is 0 Å². The van der Waals surface area contributed by atoms with Crippen molar-refractivity contribution in [3.63, 3.8) is 0 Å². The Balaban J connectivity index is 1.37. The molecule has 3 aromatic heterocycles. The van der Waals surface area contributed by atoms with Gasteiger partial charge in [-0.1, -0.05) is 6.07 Å². The van der Waals surface area contributed by atoms with Gasteiger partial charge in [-0.25, -0.2) is 9.97 Å². The van der Waals surface area contributed by atoms with Crippen molar-refractivity contribution in [3.8, 4) is 0 Å². The highest BCUT2D eigenvalue weighted by atomic mass is 32.1. The van der Waals surface area contributed by atoms with Crippen LogP contribution in [0.15, 0.2) is 30.6 Å². The van der Waals surface area contributed by atoms with Crippen LogP contribution in [0.25, 0.3) is 5.65 Å². The zero-order chi connectivity index (χ0) is 13.4. The zero-order valence-electron chi connectivity index (χ0n) is 11.0. The lowest BCUT2D eigenvalue weighted by Crippen LogP contribution is -2.04. The van der Waals surface area contributed by atoms with Gasteiger partial charge in [0.25, 0.3) is 0 Å². The zero-order valence-corrected chi connectivity index (χ0v) is 11.8. The first-order valence-electron chi connectivity index (χ1n) is 6.88. The molecule has 0 saturated heterocycles. The van der Waals surface area contributed by atoms with Gasteiger partial charge in [0.2, 0.25) is 5.13 Å². The van der Waals surface area contributed by atoms with E-state index >= 15 is 0 Å². The number of fused-ring (bicyclic) bond motifs is 1. The Morgan fingerprint density at radius 2 is 2.25 bits per heavy atom. The Hall–Kier alpha value is -1.95. The van der Waals surface area contributed by atoms with Gasteiger partial charge in [-0.05, 0) is 25.0 Å². The lowest BCUT2D eigenvalue weighted by atomic mass is 10.3. The Bertz CT molecular complexity index is 695. The van der Waals surface area contributed by atoms with E-state index in [0.29, 0.717) is 5.92 Å². The number of imidazole rings is 1. The Morgan fingerprint density at radius 3 is 3.10 bits per heavy atom. The topological polar surface area (TPSA) is 55.1 Å². The highest BCUT2D eigenvalue weighted by Crippen LogP contribution is 2.39. The Kier molecular flexibility index (Phi) is 2.88. The van der Waals surface area contributed by atoms with Crippen LogP contribution in [0.2, 0.25) is 0 Å². The van der Waals surface area contributed by atoms with Crippen molar-refractivity contribution < 1.29 is 0 Å². The smallest absolute Gasteiger partial charge is 0.202 e. The van der Waals surface area contributed by atoms with Crippen molar-refractivity contribution in [1.82, 2.24) is 18.7 Å². The van der Waals surface area contributed by atoms with Crippen LogP contribution in [-0.2, 0) is 6.42 Å². The molecule has 1 saturated carbocycles. The number of anilines is 1. The summed E-state index contributed by atoms with van der Waals surface area (Å²) >= 11 is 1.46.